The Morgan fingerprint density at radius 3 is 2.65 bits per heavy atom. The molecule has 1 saturated heterocycles. The van der Waals surface area contributed by atoms with Crippen molar-refractivity contribution >= 4 is 35.2 Å². The number of nitrogens with one attached hydrogen (secondary N) is 1. The first kappa shape index (κ1) is 22.6. The molecule has 34 heavy (non-hydrogen) atoms. The number of aliphatic hydroxyl groups excluding tert-OH is 1. The van der Waals surface area contributed by atoms with Gasteiger partial charge in [0.25, 0.3) is 5.91 Å². The Balaban J connectivity index is 1.18. The van der Waals surface area contributed by atoms with E-state index in [9.17, 15) is 14.7 Å². The van der Waals surface area contributed by atoms with Gasteiger partial charge in [-0.3, -0.25) is 9.59 Å². The number of aromatic nitrogens is 3. The van der Waals surface area contributed by atoms with E-state index in [1.807, 2.05) is 24.3 Å². The fraction of sp³-hybridized carbons (Fsp3) is 0.360. The smallest absolute Gasteiger partial charge is 0.295 e. The number of hydrogen-bond donors (Lipinski definition) is 2. The van der Waals surface area contributed by atoms with Gasteiger partial charge in [-0.25, -0.2) is 9.97 Å². The zero-order valence-corrected chi connectivity index (χ0v) is 19.4. The molecule has 2 unspecified atom stereocenters. The van der Waals surface area contributed by atoms with Crippen molar-refractivity contribution in [2.24, 2.45) is 5.92 Å². The van der Waals surface area contributed by atoms with E-state index >= 15 is 0 Å². The number of piperazine rings is 1. The lowest BCUT2D eigenvalue weighted by atomic mass is 9.95. The van der Waals surface area contributed by atoms with Crippen molar-refractivity contribution in [3.63, 3.8) is 0 Å². The van der Waals surface area contributed by atoms with E-state index < -0.39 is 11.7 Å². The van der Waals surface area contributed by atoms with E-state index in [0.717, 1.165) is 35.0 Å². The number of carbonyl (C=O) groups excluding carboxylic acids is 2. The first-order chi connectivity index (χ1) is 16.5. The Kier molecular flexibility index (Phi) is 6.34. The molecule has 1 fully saturated rings. The molecule has 1 aliphatic heterocycles. The number of anilines is 1. The van der Waals surface area contributed by atoms with Crippen molar-refractivity contribution in [2.75, 3.05) is 37.7 Å². The minimum absolute atomic E-state index is 0.0158. The number of hydrogen-bond acceptors (Lipinski definition) is 6. The van der Waals surface area contributed by atoms with E-state index in [1.165, 1.54) is 0 Å². The molecule has 2 aromatic rings. The maximum atomic E-state index is 12.7. The van der Waals surface area contributed by atoms with Gasteiger partial charge in [-0.15, -0.1) is 11.6 Å². The lowest BCUT2D eigenvalue weighted by Crippen LogP contribution is -2.51. The summed E-state index contributed by atoms with van der Waals surface area (Å²) in [5.41, 5.74) is 3.25. The fourth-order valence-corrected chi connectivity index (χ4v) is 4.63. The topological polar surface area (TPSA) is 102 Å². The summed E-state index contributed by atoms with van der Waals surface area (Å²) in [5, 5.41) is 9.19. The van der Waals surface area contributed by atoms with Gasteiger partial charge in [0.1, 0.15) is 11.6 Å². The molecule has 2 aliphatic carbocycles. The van der Waals surface area contributed by atoms with Gasteiger partial charge in [0.15, 0.2) is 0 Å². The van der Waals surface area contributed by atoms with Gasteiger partial charge < -0.3 is 19.9 Å². The first-order valence-corrected chi connectivity index (χ1v) is 11.9. The van der Waals surface area contributed by atoms with Crippen LogP contribution in [0, 0.1) is 5.92 Å². The van der Waals surface area contributed by atoms with Gasteiger partial charge in [0.2, 0.25) is 5.78 Å². The molecule has 5 rings (SSSR count). The van der Waals surface area contributed by atoms with Crippen LogP contribution in [-0.4, -0.2) is 74.8 Å². The zero-order chi connectivity index (χ0) is 23.7. The van der Waals surface area contributed by atoms with Crippen molar-refractivity contribution in [3.8, 4) is 11.4 Å². The van der Waals surface area contributed by atoms with Crippen LogP contribution >= 0.6 is 11.6 Å². The number of imidazole rings is 1. The molecule has 0 spiro atoms. The molecule has 0 aromatic carbocycles. The summed E-state index contributed by atoms with van der Waals surface area (Å²) in [6.07, 6.45) is 12.2. The number of alkyl halides is 1. The maximum absolute atomic E-state index is 12.7. The number of halogens is 1. The maximum Gasteiger partial charge on any atom is 0.295 e. The Hall–Kier alpha value is -3.23. The zero-order valence-electron chi connectivity index (χ0n) is 18.7. The number of pyridine rings is 1. The highest BCUT2D eigenvalue weighted by atomic mass is 35.5. The third-order valence-corrected chi connectivity index (χ3v) is 6.76. The van der Waals surface area contributed by atoms with Crippen molar-refractivity contribution in [3.05, 3.63) is 59.6 Å². The molecule has 2 N–H and O–H groups in total. The van der Waals surface area contributed by atoms with E-state index in [4.69, 9.17) is 11.6 Å². The van der Waals surface area contributed by atoms with Crippen LogP contribution in [0.25, 0.3) is 17.5 Å². The number of Topliss-reactive ketones (excluding diaryl/α,β-unsaturated/α-hetero) is 1. The molecule has 2 atom stereocenters. The quantitative estimate of drug-likeness (QED) is 0.504. The number of allylic oxidation sites excluding steroid dienone is 3. The third kappa shape index (κ3) is 4.56. The summed E-state index contributed by atoms with van der Waals surface area (Å²) in [6, 6.07) is 3.94. The van der Waals surface area contributed by atoms with Crippen LogP contribution in [-0.2, 0) is 16.0 Å². The highest BCUT2D eigenvalue weighted by Crippen LogP contribution is 2.26. The largest absolute Gasteiger partial charge is 0.396 e. The van der Waals surface area contributed by atoms with Crippen molar-refractivity contribution < 1.29 is 14.7 Å². The molecule has 8 nitrogen and oxygen atoms in total. The highest BCUT2D eigenvalue weighted by molar-refractivity contribution is 6.43. The van der Waals surface area contributed by atoms with Gasteiger partial charge in [0, 0.05) is 68.2 Å². The van der Waals surface area contributed by atoms with E-state index in [1.54, 1.807) is 29.3 Å². The van der Waals surface area contributed by atoms with Gasteiger partial charge in [0.05, 0.1) is 11.1 Å². The lowest BCUT2D eigenvalue weighted by Gasteiger charge is -2.35. The predicted molar refractivity (Wildman–Crippen MR) is 130 cm³/mol. The van der Waals surface area contributed by atoms with Gasteiger partial charge >= 0.3 is 0 Å². The Bertz CT molecular complexity index is 1180. The average Bonchev–Trinajstić information content (AvgIpc) is 3.31. The molecular formula is C25H26ClN5O3. The second-order valence-electron chi connectivity index (χ2n) is 8.74. The average molecular weight is 480 g/mol. The van der Waals surface area contributed by atoms with Crippen LogP contribution in [0.3, 0.4) is 0 Å². The summed E-state index contributed by atoms with van der Waals surface area (Å²) in [5.74, 6) is 0.649. The second-order valence-corrected chi connectivity index (χ2v) is 9.30. The second kappa shape index (κ2) is 9.56. The Morgan fingerprint density at radius 2 is 1.97 bits per heavy atom. The monoisotopic (exact) mass is 479 g/mol. The van der Waals surface area contributed by atoms with Crippen molar-refractivity contribution in [1.29, 1.82) is 0 Å². The van der Waals surface area contributed by atoms with Crippen LogP contribution in [0.15, 0.2) is 48.2 Å². The van der Waals surface area contributed by atoms with Crippen LogP contribution < -0.4 is 4.90 Å². The predicted octanol–water partition coefficient (Wildman–Crippen LogP) is 2.36. The third-order valence-electron chi connectivity index (χ3n) is 6.46. The summed E-state index contributed by atoms with van der Waals surface area (Å²) in [4.78, 5) is 41.6. The molecule has 1 amide bonds. The summed E-state index contributed by atoms with van der Waals surface area (Å²) >= 11 is 6.19. The van der Waals surface area contributed by atoms with Crippen LogP contribution in [0.4, 0.5) is 5.82 Å². The Morgan fingerprint density at radius 1 is 1.15 bits per heavy atom. The molecule has 3 aliphatic rings. The van der Waals surface area contributed by atoms with Crippen molar-refractivity contribution in [2.45, 2.75) is 18.2 Å². The lowest BCUT2D eigenvalue weighted by molar-refractivity contribution is -0.142. The molecular weight excluding hydrogens is 454 g/mol. The minimum Gasteiger partial charge on any atom is -0.396 e. The van der Waals surface area contributed by atoms with Crippen LogP contribution in [0.2, 0.25) is 0 Å². The minimum atomic E-state index is -0.486. The Labute approximate surface area is 202 Å². The normalized spacial score (nSPS) is 21.9. The summed E-state index contributed by atoms with van der Waals surface area (Å²) < 4.78 is 0. The van der Waals surface area contributed by atoms with Crippen molar-refractivity contribution in [1.82, 2.24) is 19.9 Å². The number of aromatic amines is 1. The molecule has 0 saturated carbocycles. The number of fused-ring (bicyclic) bond motifs is 1. The number of ketones is 1. The highest BCUT2D eigenvalue weighted by Gasteiger charge is 2.28. The van der Waals surface area contributed by atoms with E-state index in [-0.39, 0.29) is 17.9 Å². The number of nitrogens with zero attached hydrogens (tertiary/aromatic N) is 4. The SMILES string of the molecule is O=C(C(=O)N1CCN(c2ccc(-c3nc4c([nH]3)CC(Cl)C=C4)cn2)CC1)C1=CCC(CO)C=C1. The van der Waals surface area contributed by atoms with E-state index in [2.05, 4.69) is 19.9 Å². The van der Waals surface area contributed by atoms with Gasteiger partial charge in [-0.1, -0.05) is 24.3 Å². The number of carbonyl (C=O) groups is 2. The van der Waals surface area contributed by atoms with Crippen LogP contribution in [0.5, 0.6) is 0 Å². The molecule has 176 valence electrons. The number of H-pyrrole nitrogens is 1. The number of rotatable bonds is 5. The standard InChI is InChI=1S/C25H26ClN5O3/c26-19-6-7-20-21(13-19)29-24(28-20)18-5-8-22(27-14-18)30-9-11-31(12-10-30)25(34)23(33)17-3-1-16(15-32)2-4-17/h1,3-8,14,16,19,32H,2,9-13,15H2,(H,28,29). The summed E-state index contributed by atoms with van der Waals surface area (Å²) in [6.45, 7) is 2.16. The molecule has 2 aromatic heterocycles. The van der Waals surface area contributed by atoms with E-state index in [0.29, 0.717) is 38.2 Å². The van der Waals surface area contributed by atoms with Crippen LogP contribution in [0.1, 0.15) is 17.8 Å². The molecule has 0 bridgehead atoms. The fourth-order valence-electron chi connectivity index (χ4n) is 4.40. The van der Waals surface area contributed by atoms with Gasteiger partial charge in [-0.05, 0) is 24.6 Å². The first-order valence-electron chi connectivity index (χ1n) is 11.5. The van der Waals surface area contributed by atoms with Gasteiger partial charge in [-0.2, -0.15) is 0 Å². The molecule has 9 heteroatoms. The number of aliphatic hydroxyl groups is 1. The molecule has 0 radical (unpaired) electrons. The summed E-state index contributed by atoms with van der Waals surface area (Å²) in [7, 11) is 0. The number of amides is 1. The molecule has 3 heterocycles.